The van der Waals surface area contributed by atoms with Gasteiger partial charge in [-0.05, 0) is 31.0 Å². The number of piperazine rings is 1. The predicted octanol–water partition coefficient (Wildman–Crippen LogP) is 1.41. The number of piperidine rings is 2. The number of fused-ring (bicyclic) bond motifs is 3. The van der Waals surface area contributed by atoms with E-state index in [2.05, 4.69) is 5.32 Å². The number of halogens is 1. The largest absolute Gasteiger partial charge is 0.496 e. The summed E-state index contributed by atoms with van der Waals surface area (Å²) >= 11 is 0. The third kappa shape index (κ3) is 2.18. The van der Waals surface area contributed by atoms with Crippen LogP contribution < -0.4 is 10.1 Å². The summed E-state index contributed by atoms with van der Waals surface area (Å²) in [6, 6.07) is 4.65. The molecule has 3 aliphatic rings. The summed E-state index contributed by atoms with van der Waals surface area (Å²) in [5.74, 6) is -0.113. The van der Waals surface area contributed by atoms with Crippen LogP contribution in [0.25, 0.3) is 0 Å². The van der Waals surface area contributed by atoms with Crippen LogP contribution in [0.5, 0.6) is 5.75 Å². The smallest absolute Gasteiger partial charge is 0.258 e. The van der Waals surface area contributed by atoms with Crippen LogP contribution in [-0.2, 0) is 0 Å². The Bertz CT molecular complexity index is 498. The number of nitrogens with zero attached hydrogens (tertiary/aromatic N) is 1. The summed E-state index contributed by atoms with van der Waals surface area (Å²) in [5.41, 5.74) is 0.315. The van der Waals surface area contributed by atoms with E-state index in [0.717, 1.165) is 19.4 Å². The topological polar surface area (TPSA) is 41.6 Å². The fourth-order valence-corrected chi connectivity index (χ4v) is 2.96. The Morgan fingerprint density at radius 3 is 2.89 bits per heavy atom. The summed E-state index contributed by atoms with van der Waals surface area (Å²) in [6.45, 7) is 1.53. The molecule has 3 fully saturated rings. The Morgan fingerprint density at radius 2 is 2.32 bits per heavy atom. The molecule has 0 aromatic heterocycles. The van der Waals surface area contributed by atoms with E-state index >= 15 is 0 Å². The number of methoxy groups -OCH3 is 1. The zero-order valence-corrected chi connectivity index (χ0v) is 10.9. The summed E-state index contributed by atoms with van der Waals surface area (Å²) < 4.78 is 18.5. The zero-order chi connectivity index (χ0) is 13.4. The number of carbonyl (C=O) groups excluding carboxylic acids is 1. The number of rotatable bonds is 2. The Balaban J connectivity index is 1.89. The minimum absolute atomic E-state index is 0.132. The van der Waals surface area contributed by atoms with Crippen molar-refractivity contribution in [3.63, 3.8) is 0 Å². The molecule has 1 aromatic rings. The van der Waals surface area contributed by atoms with Gasteiger partial charge in [-0.3, -0.25) is 4.79 Å². The van der Waals surface area contributed by atoms with Crippen LogP contribution in [0.15, 0.2) is 18.2 Å². The SMILES string of the molecule is COc1ccc(F)cc1C(=O)N1CC2CCC1CN2. The van der Waals surface area contributed by atoms with Crippen LogP contribution in [-0.4, -0.2) is 43.1 Å². The first-order valence-corrected chi connectivity index (χ1v) is 6.57. The number of amides is 1. The number of hydrogen-bond donors (Lipinski definition) is 1. The first-order valence-electron chi connectivity index (χ1n) is 6.57. The molecule has 3 aliphatic heterocycles. The van der Waals surface area contributed by atoms with Crippen molar-refractivity contribution in [2.45, 2.75) is 24.9 Å². The second kappa shape index (κ2) is 4.81. The van der Waals surface area contributed by atoms with Gasteiger partial charge in [0.15, 0.2) is 0 Å². The van der Waals surface area contributed by atoms with E-state index in [0.29, 0.717) is 23.9 Å². The molecule has 0 saturated carbocycles. The lowest BCUT2D eigenvalue weighted by molar-refractivity contribution is 0.0437. The summed E-state index contributed by atoms with van der Waals surface area (Å²) in [7, 11) is 1.49. The first kappa shape index (κ1) is 12.4. The molecule has 4 rings (SSSR count). The van der Waals surface area contributed by atoms with Gasteiger partial charge < -0.3 is 15.0 Å². The van der Waals surface area contributed by atoms with Crippen LogP contribution in [0.3, 0.4) is 0 Å². The van der Waals surface area contributed by atoms with Gasteiger partial charge >= 0.3 is 0 Å². The minimum Gasteiger partial charge on any atom is -0.496 e. The molecular formula is C14H17FN2O2. The predicted molar refractivity (Wildman–Crippen MR) is 68.8 cm³/mol. The molecule has 3 heterocycles. The molecule has 2 atom stereocenters. The number of ether oxygens (including phenoxy) is 1. The summed E-state index contributed by atoms with van der Waals surface area (Å²) in [5, 5.41) is 3.40. The van der Waals surface area contributed by atoms with Gasteiger partial charge in [-0.1, -0.05) is 0 Å². The van der Waals surface area contributed by atoms with E-state index in [4.69, 9.17) is 4.74 Å². The van der Waals surface area contributed by atoms with Gasteiger partial charge in [0.05, 0.1) is 12.7 Å². The van der Waals surface area contributed by atoms with Crippen molar-refractivity contribution in [2.75, 3.05) is 20.2 Å². The molecule has 4 nitrogen and oxygen atoms in total. The van der Waals surface area contributed by atoms with E-state index in [9.17, 15) is 9.18 Å². The van der Waals surface area contributed by atoms with Crippen LogP contribution in [0, 0.1) is 5.82 Å². The molecule has 1 aromatic carbocycles. The Kier molecular flexibility index (Phi) is 3.14. The highest BCUT2D eigenvalue weighted by molar-refractivity contribution is 5.97. The lowest BCUT2D eigenvalue weighted by atomic mass is 9.92. The number of benzene rings is 1. The standard InChI is InChI=1S/C14H17FN2O2/c1-19-13-5-2-9(15)6-12(13)14(18)17-8-10-3-4-11(17)7-16-10/h2,5-6,10-11,16H,3-4,7-8H2,1H3. The van der Waals surface area contributed by atoms with Crippen molar-refractivity contribution in [3.05, 3.63) is 29.6 Å². The lowest BCUT2D eigenvalue weighted by Crippen LogP contribution is -2.62. The maximum atomic E-state index is 13.4. The van der Waals surface area contributed by atoms with Crippen molar-refractivity contribution >= 4 is 5.91 Å². The third-order valence-corrected chi connectivity index (χ3v) is 4.00. The Hall–Kier alpha value is -1.62. The molecule has 0 spiro atoms. The second-order valence-corrected chi connectivity index (χ2v) is 5.14. The maximum absolute atomic E-state index is 13.4. The van der Waals surface area contributed by atoms with Crippen molar-refractivity contribution in [1.82, 2.24) is 10.2 Å². The van der Waals surface area contributed by atoms with Crippen molar-refractivity contribution < 1.29 is 13.9 Å². The van der Waals surface area contributed by atoms with Gasteiger partial charge in [0.25, 0.3) is 5.91 Å². The third-order valence-electron chi connectivity index (χ3n) is 4.00. The molecule has 19 heavy (non-hydrogen) atoms. The Labute approximate surface area is 111 Å². The minimum atomic E-state index is -0.413. The molecule has 3 saturated heterocycles. The normalized spacial score (nSPS) is 25.5. The van der Waals surface area contributed by atoms with Gasteiger partial charge in [0, 0.05) is 25.2 Å². The molecule has 5 heteroatoms. The van der Waals surface area contributed by atoms with E-state index in [-0.39, 0.29) is 11.9 Å². The highest BCUT2D eigenvalue weighted by Gasteiger charge is 2.37. The summed E-state index contributed by atoms with van der Waals surface area (Å²) in [4.78, 5) is 14.4. The fourth-order valence-electron chi connectivity index (χ4n) is 2.96. The first-order chi connectivity index (χ1) is 9.19. The molecule has 1 N–H and O–H groups in total. The second-order valence-electron chi connectivity index (χ2n) is 5.14. The average Bonchev–Trinajstić information content (AvgIpc) is 2.47. The van der Waals surface area contributed by atoms with Crippen LogP contribution in [0.2, 0.25) is 0 Å². The van der Waals surface area contributed by atoms with Crippen molar-refractivity contribution in [1.29, 1.82) is 0 Å². The van der Waals surface area contributed by atoms with Crippen molar-refractivity contribution in [3.8, 4) is 5.75 Å². The number of carbonyl (C=O) groups is 1. The van der Waals surface area contributed by atoms with E-state index in [1.807, 2.05) is 4.90 Å². The van der Waals surface area contributed by atoms with Gasteiger partial charge in [0.1, 0.15) is 11.6 Å². The quantitative estimate of drug-likeness (QED) is 0.878. The van der Waals surface area contributed by atoms with E-state index in [1.54, 1.807) is 0 Å². The monoisotopic (exact) mass is 264 g/mol. The maximum Gasteiger partial charge on any atom is 0.258 e. The number of hydrogen-bond acceptors (Lipinski definition) is 3. The average molecular weight is 264 g/mol. The number of nitrogens with one attached hydrogen (secondary N) is 1. The van der Waals surface area contributed by atoms with Gasteiger partial charge in [-0.25, -0.2) is 4.39 Å². The van der Waals surface area contributed by atoms with Gasteiger partial charge in [-0.15, -0.1) is 0 Å². The Morgan fingerprint density at radius 1 is 1.47 bits per heavy atom. The lowest BCUT2D eigenvalue weighted by Gasteiger charge is -2.46. The molecule has 0 radical (unpaired) electrons. The molecule has 2 bridgehead atoms. The van der Waals surface area contributed by atoms with Gasteiger partial charge in [0.2, 0.25) is 0 Å². The highest BCUT2D eigenvalue weighted by atomic mass is 19.1. The van der Waals surface area contributed by atoms with Crippen LogP contribution in [0.4, 0.5) is 4.39 Å². The molecule has 1 amide bonds. The molecule has 102 valence electrons. The van der Waals surface area contributed by atoms with E-state index in [1.165, 1.54) is 25.3 Å². The van der Waals surface area contributed by atoms with Gasteiger partial charge in [-0.2, -0.15) is 0 Å². The zero-order valence-electron chi connectivity index (χ0n) is 10.9. The van der Waals surface area contributed by atoms with Crippen LogP contribution in [0.1, 0.15) is 23.2 Å². The molecule has 0 aliphatic carbocycles. The van der Waals surface area contributed by atoms with Crippen molar-refractivity contribution in [2.24, 2.45) is 0 Å². The summed E-state index contributed by atoms with van der Waals surface area (Å²) in [6.07, 6.45) is 2.12. The fraction of sp³-hybridized carbons (Fsp3) is 0.500. The van der Waals surface area contributed by atoms with E-state index < -0.39 is 5.82 Å². The highest BCUT2D eigenvalue weighted by Crippen LogP contribution is 2.27. The van der Waals surface area contributed by atoms with Crippen LogP contribution >= 0.6 is 0 Å². The molecular weight excluding hydrogens is 247 g/mol. The molecule has 2 unspecified atom stereocenters.